The van der Waals surface area contributed by atoms with Crippen LogP contribution in [0.1, 0.15) is 49.0 Å². The van der Waals surface area contributed by atoms with Crippen LogP contribution in [-0.4, -0.2) is 29.2 Å². The molecule has 0 saturated heterocycles. The molecule has 1 amide bonds. The molecule has 6 nitrogen and oxygen atoms in total. The molecule has 1 aliphatic rings. The van der Waals surface area contributed by atoms with Crippen LogP contribution in [0.3, 0.4) is 0 Å². The number of hydrogen-bond acceptors (Lipinski definition) is 5. The van der Waals surface area contributed by atoms with Crippen LogP contribution in [0, 0.1) is 5.82 Å². The van der Waals surface area contributed by atoms with Crippen molar-refractivity contribution < 1.29 is 23.8 Å². The van der Waals surface area contributed by atoms with Gasteiger partial charge in [0.2, 0.25) is 0 Å². The smallest absolute Gasteiger partial charge is 0.278 e. The molecule has 0 unspecified atom stereocenters. The number of carbonyl (C=O) groups excluding carboxylic acids is 1. The van der Waals surface area contributed by atoms with Gasteiger partial charge in [0, 0.05) is 18.3 Å². The van der Waals surface area contributed by atoms with Crippen LogP contribution in [0.15, 0.2) is 30.5 Å². The Kier molecular flexibility index (Phi) is 6.11. The van der Waals surface area contributed by atoms with E-state index in [4.69, 9.17) is 9.47 Å². The molecule has 144 valence electrons. The quantitative estimate of drug-likeness (QED) is 0.763. The van der Waals surface area contributed by atoms with Crippen molar-refractivity contribution in [3.05, 3.63) is 42.0 Å². The summed E-state index contributed by atoms with van der Waals surface area (Å²) in [6.07, 6.45) is 8.05. The summed E-state index contributed by atoms with van der Waals surface area (Å²) in [7, 11) is 1.36. The van der Waals surface area contributed by atoms with E-state index in [1.54, 1.807) is 6.07 Å². The molecule has 1 fully saturated rings. The minimum atomic E-state index is -0.734. The van der Waals surface area contributed by atoms with Gasteiger partial charge in [0.05, 0.1) is 18.9 Å². The molecule has 1 aromatic heterocycles. The lowest BCUT2D eigenvalue weighted by molar-refractivity contribution is 0.101. The third-order valence-corrected chi connectivity index (χ3v) is 4.62. The topological polar surface area (TPSA) is 80.7 Å². The Morgan fingerprint density at radius 1 is 1.22 bits per heavy atom. The van der Waals surface area contributed by atoms with Crippen LogP contribution in [0.5, 0.6) is 17.2 Å². The summed E-state index contributed by atoms with van der Waals surface area (Å²) in [5, 5.41) is 12.4. The lowest BCUT2D eigenvalue weighted by Gasteiger charge is -2.17. The zero-order valence-electron chi connectivity index (χ0n) is 15.2. The van der Waals surface area contributed by atoms with Crippen LogP contribution in [-0.2, 0) is 0 Å². The van der Waals surface area contributed by atoms with Crippen molar-refractivity contribution in [2.24, 2.45) is 0 Å². The highest BCUT2D eigenvalue weighted by Gasteiger charge is 2.19. The molecular weight excluding hydrogens is 351 g/mol. The minimum absolute atomic E-state index is 0.0164. The van der Waals surface area contributed by atoms with E-state index < -0.39 is 17.5 Å². The number of rotatable bonds is 5. The molecule has 1 saturated carbocycles. The van der Waals surface area contributed by atoms with Gasteiger partial charge in [-0.3, -0.25) is 4.79 Å². The number of halogens is 1. The van der Waals surface area contributed by atoms with Gasteiger partial charge >= 0.3 is 0 Å². The predicted molar refractivity (Wildman–Crippen MR) is 98.9 cm³/mol. The summed E-state index contributed by atoms with van der Waals surface area (Å²) in [5.74, 6) is -1.19. The normalized spacial score (nSPS) is 15.0. The van der Waals surface area contributed by atoms with E-state index in [0.29, 0.717) is 5.75 Å². The number of aromatic hydroxyl groups is 1. The number of benzene rings is 1. The van der Waals surface area contributed by atoms with Crippen LogP contribution in [0.4, 0.5) is 10.1 Å². The van der Waals surface area contributed by atoms with Crippen molar-refractivity contribution in [2.75, 3.05) is 12.4 Å². The van der Waals surface area contributed by atoms with Crippen molar-refractivity contribution >= 4 is 11.6 Å². The maximum atomic E-state index is 14.4. The second-order valence-electron chi connectivity index (χ2n) is 6.54. The Morgan fingerprint density at radius 3 is 2.63 bits per heavy atom. The Labute approximate surface area is 157 Å². The summed E-state index contributed by atoms with van der Waals surface area (Å²) in [6, 6.07) is 5.75. The number of hydrogen-bond donors (Lipinski definition) is 2. The molecule has 0 radical (unpaired) electrons. The monoisotopic (exact) mass is 374 g/mol. The van der Waals surface area contributed by atoms with Crippen LogP contribution < -0.4 is 14.8 Å². The molecule has 3 rings (SSSR count). The number of aromatic nitrogens is 1. The zero-order chi connectivity index (χ0) is 19.2. The van der Waals surface area contributed by atoms with Gasteiger partial charge in [-0.15, -0.1) is 0 Å². The fourth-order valence-corrected chi connectivity index (χ4v) is 3.17. The summed E-state index contributed by atoms with van der Waals surface area (Å²) >= 11 is 0. The fourth-order valence-electron chi connectivity index (χ4n) is 3.17. The molecule has 1 aliphatic carbocycles. The molecule has 0 bridgehead atoms. The average Bonchev–Trinajstić information content (AvgIpc) is 2.92. The third kappa shape index (κ3) is 4.67. The maximum Gasteiger partial charge on any atom is 0.278 e. The highest BCUT2D eigenvalue weighted by molar-refractivity contribution is 6.05. The van der Waals surface area contributed by atoms with Gasteiger partial charge in [-0.1, -0.05) is 12.8 Å². The molecular formula is C20H23FN2O4. The molecule has 0 spiro atoms. The average molecular weight is 374 g/mol. The summed E-state index contributed by atoms with van der Waals surface area (Å²) in [5.41, 5.74) is -0.259. The van der Waals surface area contributed by atoms with Crippen molar-refractivity contribution in [1.82, 2.24) is 4.98 Å². The minimum Gasteiger partial charge on any atom is -0.503 e. The largest absolute Gasteiger partial charge is 0.503 e. The van der Waals surface area contributed by atoms with E-state index in [2.05, 4.69) is 10.3 Å². The Hall–Kier alpha value is -2.83. The number of carbonyl (C=O) groups is 1. The number of nitrogens with one attached hydrogen (secondary N) is 1. The van der Waals surface area contributed by atoms with Gasteiger partial charge in [-0.2, -0.15) is 0 Å². The molecule has 2 N–H and O–H groups in total. The fraction of sp³-hybridized carbons (Fsp3) is 0.400. The molecule has 27 heavy (non-hydrogen) atoms. The Balaban J connectivity index is 1.69. The first-order valence-electron chi connectivity index (χ1n) is 9.08. The highest BCUT2D eigenvalue weighted by Crippen LogP contribution is 2.29. The van der Waals surface area contributed by atoms with Gasteiger partial charge in [-0.25, -0.2) is 9.37 Å². The number of anilines is 1. The molecule has 2 aromatic rings. The summed E-state index contributed by atoms with van der Waals surface area (Å²) in [6.45, 7) is 0. The van der Waals surface area contributed by atoms with E-state index in [1.807, 2.05) is 0 Å². The number of nitrogens with zero attached hydrogens (tertiary/aromatic N) is 1. The standard InChI is InChI=1S/C20H23FN2O4/c1-26-17-10-11-22-18(19(17)24)20(25)23-16-9-8-14(12-15(16)21)27-13-6-4-2-3-5-7-13/h8-13,24H,2-7H2,1H3,(H,23,25). The van der Waals surface area contributed by atoms with Gasteiger partial charge in [-0.05, 0) is 37.8 Å². The Bertz CT molecular complexity index is 805. The maximum absolute atomic E-state index is 14.4. The molecule has 7 heteroatoms. The first kappa shape index (κ1) is 18.9. The van der Waals surface area contributed by atoms with Gasteiger partial charge in [0.25, 0.3) is 5.91 Å². The number of pyridine rings is 1. The second kappa shape index (κ2) is 8.70. The van der Waals surface area contributed by atoms with Crippen molar-refractivity contribution in [3.8, 4) is 17.2 Å². The van der Waals surface area contributed by atoms with Crippen LogP contribution in [0.25, 0.3) is 0 Å². The molecule has 1 aromatic carbocycles. The van der Waals surface area contributed by atoms with E-state index >= 15 is 0 Å². The van der Waals surface area contributed by atoms with Crippen LogP contribution in [0.2, 0.25) is 0 Å². The van der Waals surface area contributed by atoms with E-state index in [9.17, 15) is 14.3 Å². The Morgan fingerprint density at radius 2 is 1.96 bits per heavy atom. The predicted octanol–water partition coefficient (Wildman–Crippen LogP) is 4.29. The molecule has 0 atom stereocenters. The van der Waals surface area contributed by atoms with Crippen molar-refractivity contribution in [1.29, 1.82) is 0 Å². The summed E-state index contributed by atoms with van der Waals surface area (Å²) in [4.78, 5) is 16.1. The zero-order valence-corrected chi connectivity index (χ0v) is 15.2. The number of methoxy groups -OCH3 is 1. The number of amides is 1. The first-order valence-corrected chi connectivity index (χ1v) is 9.08. The number of ether oxygens (including phenoxy) is 2. The lowest BCUT2D eigenvalue weighted by atomic mass is 10.1. The van der Waals surface area contributed by atoms with E-state index in [-0.39, 0.29) is 23.2 Å². The lowest BCUT2D eigenvalue weighted by Crippen LogP contribution is -2.16. The van der Waals surface area contributed by atoms with E-state index in [1.165, 1.54) is 44.3 Å². The van der Waals surface area contributed by atoms with Crippen molar-refractivity contribution in [3.63, 3.8) is 0 Å². The molecule has 0 aliphatic heterocycles. The van der Waals surface area contributed by atoms with Crippen LogP contribution >= 0.6 is 0 Å². The third-order valence-electron chi connectivity index (χ3n) is 4.62. The first-order chi connectivity index (χ1) is 13.1. The molecule has 1 heterocycles. The second-order valence-corrected chi connectivity index (χ2v) is 6.54. The SMILES string of the molecule is COc1ccnc(C(=O)Nc2ccc(OC3CCCCCC3)cc2F)c1O. The highest BCUT2D eigenvalue weighted by atomic mass is 19.1. The van der Waals surface area contributed by atoms with Gasteiger partial charge < -0.3 is 19.9 Å². The summed E-state index contributed by atoms with van der Waals surface area (Å²) < 4.78 is 25.2. The van der Waals surface area contributed by atoms with Gasteiger partial charge in [0.15, 0.2) is 17.2 Å². The van der Waals surface area contributed by atoms with Gasteiger partial charge in [0.1, 0.15) is 11.6 Å². The van der Waals surface area contributed by atoms with E-state index in [0.717, 1.165) is 25.7 Å². The van der Waals surface area contributed by atoms with Crippen molar-refractivity contribution in [2.45, 2.75) is 44.6 Å².